The number of aliphatic carboxylic acids is 1. The quantitative estimate of drug-likeness (QED) is 0.806. The summed E-state index contributed by atoms with van der Waals surface area (Å²) in [7, 11) is 0. The van der Waals surface area contributed by atoms with Crippen LogP contribution in [-0.4, -0.2) is 41.1 Å². The van der Waals surface area contributed by atoms with E-state index < -0.39 is 18.1 Å². The topological polar surface area (TPSA) is 57.6 Å². The van der Waals surface area contributed by atoms with Crippen molar-refractivity contribution in [1.82, 2.24) is 4.90 Å². The highest BCUT2D eigenvalue weighted by molar-refractivity contribution is 5.82. The van der Waals surface area contributed by atoms with Gasteiger partial charge in [-0.3, -0.25) is 9.59 Å². The normalized spacial score (nSPS) is 21.2. The molecular formula is C9H12F3NO3. The van der Waals surface area contributed by atoms with Gasteiger partial charge < -0.3 is 10.0 Å². The summed E-state index contributed by atoms with van der Waals surface area (Å²) in [4.78, 5) is 21.8. The smallest absolute Gasteiger partial charge is 0.471 e. The number of nitrogens with zero attached hydrogens (tertiary/aromatic N) is 1. The first-order valence-corrected chi connectivity index (χ1v) is 4.88. The van der Waals surface area contributed by atoms with Crippen molar-refractivity contribution >= 4 is 11.9 Å². The Hall–Kier alpha value is -1.27. The molecule has 1 unspecified atom stereocenters. The van der Waals surface area contributed by atoms with Crippen LogP contribution in [0, 0.1) is 5.92 Å². The molecule has 4 nitrogen and oxygen atoms in total. The molecule has 0 aliphatic carbocycles. The zero-order valence-electron chi connectivity index (χ0n) is 8.46. The van der Waals surface area contributed by atoms with E-state index in [-0.39, 0.29) is 25.4 Å². The number of amides is 1. The molecule has 0 bridgehead atoms. The van der Waals surface area contributed by atoms with E-state index in [1.807, 2.05) is 0 Å². The summed E-state index contributed by atoms with van der Waals surface area (Å²) in [6.45, 7) is 0.0637. The maximum atomic E-state index is 12.1. The van der Waals surface area contributed by atoms with Crippen LogP contribution in [-0.2, 0) is 9.59 Å². The Morgan fingerprint density at radius 1 is 1.38 bits per heavy atom. The lowest BCUT2D eigenvalue weighted by Gasteiger charge is -2.17. The van der Waals surface area contributed by atoms with E-state index in [1.165, 1.54) is 0 Å². The van der Waals surface area contributed by atoms with Gasteiger partial charge in [0.15, 0.2) is 0 Å². The fourth-order valence-corrected chi connectivity index (χ4v) is 1.76. The molecule has 0 aromatic rings. The summed E-state index contributed by atoms with van der Waals surface area (Å²) < 4.78 is 36.2. The molecule has 1 aliphatic rings. The first-order chi connectivity index (χ1) is 7.30. The number of carbonyl (C=O) groups excluding carboxylic acids is 1. The summed E-state index contributed by atoms with van der Waals surface area (Å²) in [6.07, 6.45) is -4.15. The molecule has 1 N–H and O–H groups in total. The lowest BCUT2D eigenvalue weighted by molar-refractivity contribution is -0.184. The number of halogens is 3. The molecule has 0 radical (unpaired) electrons. The Morgan fingerprint density at radius 3 is 2.50 bits per heavy atom. The van der Waals surface area contributed by atoms with Crippen LogP contribution in [0.25, 0.3) is 0 Å². The van der Waals surface area contributed by atoms with E-state index in [2.05, 4.69) is 0 Å². The van der Waals surface area contributed by atoms with Crippen molar-refractivity contribution in [3.63, 3.8) is 0 Å². The average molecular weight is 239 g/mol. The van der Waals surface area contributed by atoms with Gasteiger partial charge in [0, 0.05) is 19.5 Å². The summed E-state index contributed by atoms with van der Waals surface area (Å²) in [6, 6.07) is 0. The predicted molar refractivity (Wildman–Crippen MR) is 47.6 cm³/mol. The number of hydrogen-bond donors (Lipinski definition) is 1. The summed E-state index contributed by atoms with van der Waals surface area (Å²) in [5, 5.41) is 8.42. The van der Waals surface area contributed by atoms with Crippen LogP contribution in [0.1, 0.15) is 19.3 Å². The van der Waals surface area contributed by atoms with Gasteiger partial charge in [0.05, 0.1) is 0 Å². The maximum absolute atomic E-state index is 12.1. The van der Waals surface area contributed by atoms with Crippen molar-refractivity contribution in [3.8, 4) is 0 Å². The monoisotopic (exact) mass is 239 g/mol. The van der Waals surface area contributed by atoms with E-state index >= 15 is 0 Å². The van der Waals surface area contributed by atoms with E-state index in [0.29, 0.717) is 12.8 Å². The van der Waals surface area contributed by atoms with Crippen molar-refractivity contribution in [2.24, 2.45) is 5.92 Å². The number of carboxylic acids is 1. The van der Waals surface area contributed by atoms with E-state index in [4.69, 9.17) is 5.11 Å². The minimum atomic E-state index is -4.83. The minimum Gasteiger partial charge on any atom is -0.481 e. The molecule has 7 heteroatoms. The molecule has 1 saturated heterocycles. The maximum Gasteiger partial charge on any atom is 0.471 e. The zero-order valence-corrected chi connectivity index (χ0v) is 8.46. The summed E-state index contributed by atoms with van der Waals surface area (Å²) in [5.41, 5.74) is 0. The first kappa shape index (κ1) is 12.8. The van der Waals surface area contributed by atoms with E-state index in [1.54, 1.807) is 0 Å². The molecule has 1 aliphatic heterocycles. The average Bonchev–Trinajstić information content (AvgIpc) is 2.60. The minimum absolute atomic E-state index is 0.00558. The second kappa shape index (κ2) is 4.71. The highest BCUT2D eigenvalue weighted by Crippen LogP contribution is 2.26. The van der Waals surface area contributed by atoms with Crippen LogP contribution in [0.2, 0.25) is 0 Å². The van der Waals surface area contributed by atoms with E-state index in [0.717, 1.165) is 4.90 Å². The second-order valence-electron chi connectivity index (χ2n) is 3.84. The number of alkyl halides is 3. The highest BCUT2D eigenvalue weighted by Gasteiger charge is 2.44. The predicted octanol–water partition coefficient (Wildman–Crippen LogP) is 1.26. The number of rotatable bonds is 3. The summed E-state index contributed by atoms with van der Waals surface area (Å²) in [5.74, 6) is -2.94. The molecule has 1 rings (SSSR count). The molecule has 92 valence electrons. The first-order valence-electron chi connectivity index (χ1n) is 4.88. The van der Waals surface area contributed by atoms with Crippen molar-refractivity contribution in [3.05, 3.63) is 0 Å². The molecular weight excluding hydrogens is 227 g/mol. The van der Waals surface area contributed by atoms with Crippen LogP contribution >= 0.6 is 0 Å². The van der Waals surface area contributed by atoms with Gasteiger partial charge in [0.25, 0.3) is 0 Å². The van der Waals surface area contributed by atoms with Crippen LogP contribution < -0.4 is 0 Å². The standard InChI is InChI=1S/C9H12F3NO3/c10-9(11,12)8(16)13-4-3-6(5-13)1-2-7(14)15/h6H,1-5H2,(H,14,15). The number of carbonyl (C=O) groups is 2. The van der Waals surface area contributed by atoms with E-state index in [9.17, 15) is 22.8 Å². The third kappa shape index (κ3) is 3.39. The van der Waals surface area contributed by atoms with Gasteiger partial charge in [0.1, 0.15) is 0 Å². The summed E-state index contributed by atoms with van der Waals surface area (Å²) >= 11 is 0. The Balaban J connectivity index is 2.41. The van der Waals surface area contributed by atoms with Crippen LogP contribution in [0.3, 0.4) is 0 Å². The zero-order chi connectivity index (χ0) is 12.3. The second-order valence-corrected chi connectivity index (χ2v) is 3.84. The highest BCUT2D eigenvalue weighted by atomic mass is 19.4. The molecule has 1 fully saturated rings. The van der Waals surface area contributed by atoms with Crippen molar-refractivity contribution in [2.75, 3.05) is 13.1 Å². The molecule has 0 saturated carbocycles. The van der Waals surface area contributed by atoms with Gasteiger partial charge in [0.2, 0.25) is 0 Å². The molecule has 1 heterocycles. The van der Waals surface area contributed by atoms with Crippen molar-refractivity contribution in [1.29, 1.82) is 0 Å². The van der Waals surface area contributed by atoms with Gasteiger partial charge in [-0.05, 0) is 18.8 Å². The Morgan fingerprint density at radius 2 is 2.00 bits per heavy atom. The van der Waals surface area contributed by atoms with Crippen molar-refractivity contribution < 1.29 is 27.9 Å². The Labute approximate surface area is 90.0 Å². The molecule has 0 spiro atoms. The lowest BCUT2D eigenvalue weighted by Crippen LogP contribution is -2.39. The van der Waals surface area contributed by atoms with Gasteiger partial charge in [-0.1, -0.05) is 0 Å². The van der Waals surface area contributed by atoms with Crippen LogP contribution in [0.5, 0.6) is 0 Å². The van der Waals surface area contributed by atoms with Crippen LogP contribution in [0.15, 0.2) is 0 Å². The fraction of sp³-hybridized carbons (Fsp3) is 0.778. The largest absolute Gasteiger partial charge is 0.481 e. The number of hydrogen-bond acceptors (Lipinski definition) is 2. The SMILES string of the molecule is O=C(O)CCC1CCN(C(=O)C(F)(F)F)C1. The van der Waals surface area contributed by atoms with Gasteiger partial charge >= 0.3 is 18.1 Å². The van der Waals surface area contributed by atoms with Gasteiger partial charge in [-0.2, -0.15) is 13.2 Å². The van der Waals surface area contributed by atoms with Gasteiger partial charge in [-0.25, -0.2) is 0 Å². The molecule has 1 atom stereocenters. The fourth-order valence-electron chi connectivity index (χ4n) is 1.76. The third-order valence-electron chi connectivity index (χ3n) is 2.58. The molecule has 1 amide bonds. The third-order valence-corrected chi connectivity index (χ3v) is 2.58. The Kier molecular flexibility index (Phi) is 3.77. The number of carboxylic acid groups (broad SMARTS) is 1. The van der Waals surface area contributed by atoms with Gasteiger partial charge in [-0.15, -0.1) is 0 Å². The Bertz CT molecular complexity index is 290. The molecule has 16 heavy (non-hydrogen) atoms. The lowest BCUT2D eigenvalue weighted by atomic mass is 10.0. The molecule has 0 aromatic carbocycles. The van der Waals surface area contributed by atoms with Crippen LogP contribution in [0.4, 0.5) is 13.2 Å². The molecule has 0 aromatic heterocycles. The number of likely N-dealkylation sites (tertiary alicyclic amines) is 1. The van der Waals surface area contributed by atoms with Crippen molar-refractivity contribution in [2.45, 2.75) is 25.4 Å².